The summed E-state index contributed by atoms with van der Waals surface area (Å²) in [6, 6.07) is 7.08. The second-order valence-corrected chi connectivity index (χ2v) is 4.02. The van der Waals surface area contributed by atoms with Crippen molar-refractivity contribution in [1.29, 1.82) is 0 Å². The molecule has 0 aliphatic rings. The molecule has 5 nitrogen and oxygen atoms in total. The second-order valence-electron chi connectivity index (χ2n) is 3.66. The Morgan fingerprint density at radius 1 is 1.50 bits per heavy atom. The summed E-state index contributed by atoms with van der Waals surface area (Å²) >= 11 is 5.94. The van der Waals surface area contributed by atoms with Crippen LogP contribution in [-0.4, -0.2) is 22.8 Å². The zero-order chi connectivity index (χ0) is 13.1. The van der Waals surface area contributed by atoms with E-state index in [1.54, 1.807) is 38.4 Å². The van der Waals surface area contributed by atoms with Crippen molar-refractivity contribution in [1.82, 2.24) is 9.78 Å². The number of aryl methyl sites for hydroxylation is 1. The van der Waals surface area contributed by atoms with Crippen molar-refractivity contribution >= 4 is 23.2 Å². The number of rotatable bonds is 3. The minimum absolute atomic E-state index is 0.301. The largest absolute Gasteiger partial charge is 0.497 e. The Labute approximate surface area is 109 Å². The van der Waals surface area contributed by atoms with Gasteiger partial charge in [-0.05, 0) is 12.1 Å². The second kappa shape index (κ2) is 5.10. The quantitative estimate of drug-likeness (QED) is 0.927. The third-order valence-electron chi connectivity index (χ3n) is 2.44. The van der Waals surface area contributed by atoms with E-state index in [1.807, 2.05) is 0 Å². The number of carbonyl (C=O) groups excluding carboxylic acids is 1. The highest BCUT2D eigenvalue weighted by Gasteiger charge is 2.14. The van der Waals surface area contributed by atoms with Crippen LogP contribution in [-0.2, 0) is 7.05 Å². The summed E-state index contributed by atoms with van der Waals surface area (Å²) in [5.41, 5.74) is 0.973. The van der Waals surface area contributed by atoms with Crippen LogP contribution in [0.3, 0.4) is 0 Å². The standard InChI is InChI=1S/C12H12ClN3O2/c1-16-11(13)10(7-14-16)12(17)15-8-4-3-5-9(6-8)18-2/h3-7H,1-2H3,(H,15,17). The number of benzene rings is 1. The van der Waals surface area contributed by atoms with Crippen LogP contribution in [0.1, 0.15) is 10.4 Å². The van der Waals surface area contributed by atoms with Gasteiger partial charge in [0.2, 0.25) is 0 Å². The molecule has 0 aliphatic carbocycles. The average molecular weight is 266 g/mol. The molecule has 94 valence electrons. The molecule has 1 aromatic heterocycles. The monoisotopic (exact) mass is 265 g/mol. The van der Waals surface area contributed by atoms with Crippen molar-refractivity contribution in [2.45, 2.75) is 0 Å². The van der Waals surface area contributed by atoms with Gasteiger partial charge < -0.3 is 10.1 Å². The molecule has 0 bridgehead atoms. The van der Waals surface area contributed by atoms with Crippen LogP contribution < -0.4 is 10.1 Å². The highest BCUT2D eigenvalue weighted by Crippen LogP contribution is 2.19. The summed E-state index contributed by atoms with van der Waals surface area (Å²) in [6.07, 6.45) is 1.43. The molecule has 2 aromatic rings. The van der Waals surface area contributed by atoms with E-state index in [1.165, 1.54) is 10.9 Å². The summed E-state index contributed by atoms with van der Waals surface area (Å²) in [5.74, 6) is 0.367. The van der Waals surface area contributed by atoms with Gasteiger partial charge in [-0.2, -0.15) is 5.10 Å². The normalized spacial score (nSPS) is 10.2. The minimum Gasteiger partial charge on any atom is -0.497 e. The van der Waals surface area contributed by atoms with Gasteiger partial charge in [-0.15, -0.1) is 0 Å². The van der Waals surface area contributed by atoms with E-state index < -0.39 is 0 Å². The van der Waals surface area contributed by atoms with E-state index in [4.69, 9.17) is 16.3 Å². The van der Waals surface area contributed by atoms with Gasteiger partial charge in [-0.25, -0.2) is 0 Å². The van der Waals surface area contributed by atoms with Crippen molar-refractivity contribution in [2.24, 2.45) is 7.05 Å². The van der Waals surface area contributed by atoms with Crippen molar-refractivity contribution in [2.75, 3.05) is 12.4 Å². The number of aromatic nitrogens is 2. The lowest BCUT2D eigenvalue weighted by Gasteiger charge is -2.06. The fraction of sp³-hybridized carbons (Fsp3) is 0.167. The molecule has 0 saturated heterocycles. The molecule has 1 N–H and O–H groups in total. The van der Waals surface area contributed by atoms with Crippen molar-refractivity contribution in [3.63, 3.8) is 0 Å². The molecular formula is C12H12ClN3O2. The molecule has 2 rings (SSSR count). The van der Waals surface area contributed by atoms with Gasteiger partial charge in [0.05, 0.1) is 18.9 Å². The topological polar surface area (TPSA) is 56.1 Å². The maximum Gasteiger partial charge on any atom is 0.260 e. The first-order valence-electron chi connectivity index (χ1n) is 5.24. The maximum atomic E-state index is 12.0. The molecule has 1 heterocycles. The molecule has 0 atom stereocenters. The molecule has 0 unspecified atom stereocenters. The van der Waals surface area contributed by atoms with Gasteiger partial charge in [0.15, 0.2) is 0 Å². The molecule has 0 saturated carbocycles. The number of hydrogen-bond donors (Lipinski definition) is 1. The molecular weight excluding hydrogens is 254 g/mol. The van der Waals surface area contributed by atoms with Crippen molar-refractivity contribution in [3.05, 3.63) is 41.2 Å². The van der Waals surface area contributed by atoms with Gasteiger partial charge >= 0.3 is 0 Å². The number of nitrogens with one attached hydrogen (secondary N) is 1. The number of anilines is 1. The molecule has 0 radical (unpaired) electrons. The number of nitrogens with zero attached hydrogens (tertiary/aromatic N) is 2. The van der Waals surface area contributed by atoms with E-state index >= 15 is 0 Å². The average Bonchev–Trinajstić information content (AvgIpc) is 2.70. The highest BCUT2D eigenvalue weighted by atomic mass is 35.5. The van der Waals surface area contributed by atoms with E-state index in [-0.39, 0.29) is 5.91 Å². The Balaban J connectivity index is 2.18. The lowest BCUT2D eigenvalue weighted by atomic mass is 10.2. The first kappa shape index (κ1) is 12.4. The molecule has 1 amide bonds. The van der Waals surface area contributed by atoms with E-state index in [0.29, 0.717) is 22.2 Å². The fourth-order valence-electron chi connectivity index (χ4n) is 1.47. The van der Waals surface area contributed by atoms with Crippen LogP contribution in [0, 0.1) is 0 Å². The van der Waals surface area contributed by atoms with E-state index in [9.17, 15) is 4.79 Å². The maximum absolute atomic E-state index is 12.0. The Morgan fingerprint density at radius 3 is 2.89 bits per heavy atom. The predicted octanol–water partition coefficient (Wildman–Crippen LogP) is 2.33. The third kappa shape index (κ3) is 2.46. The lowest BCUT2D eigenvalue weighted by molar-refractivity contribution is 0.102. The SMILES string of the molecule is COc1cccc(NC(=O)c2cnn(C)c2Cl)c1. The number of hydrogen-bond acceptors (Lipinski definition) is 3. The molecule has 1 aromatic carbocycles. The van der Waals surface area contributed by atoms with Gasteiger partial charge in [-0.1, -0.05) is 17.7 Å². The van der Waals surface area contributed by atoms with E-state index in [2.05, 4.69) is 10.4 Å². The smallest absolute Gasteiger partial charge is 0.260 e. The zero-order valence-corrected chi connectivity index (χ0v) is 10.7. The lowest BCUT2D eigenvalue weighted by Crippen LogP contribution is -2.11. The Bertz CT molecular complexity index is 580. The number of carbonyl (C=O) groups is 1. The van der Waals surface area contributed by atoms with Crippen LogP contribution >= 0.6 is 11.6 Å². The fourth-order valence-corrected chi connectivity index (χ4v) is 1.65. The molecule has 0 fully saturated rings. The first-order valence-corrected chi connectivity index (χ1v) is 5.62. The summed E-state index contributed by atoms with van der Waals surface area (Å²) < 4.78 is 6.51. The van der Waals surface area contributed by atoms with Crippen LogP contribution in [0.15, 0.2) is 30.5 Å². The number of amides is 1. The number of halogens is 1. The predicted molar refractivity (Wildman–Crippen MR) is 69.2 cm³/mol. The third-order valence-corrected chi connectivity index (χ3v) is 2.89. The zero-order valence-electron chi connectivity index (χ0n) is 9.98. The molecule has 0 spiro atoms. The summed E-state index contributed by atoms with van der Waals surface area (Å²) in [4.78, 5) is 12.0. The Morgan fingerprint density at radius 2 is 2.28 bits per heavy atom. The summed E-state index contributed by atoms with van der Waals surface area (Å²) in [6.45, 7) is 0. The van der Waals surface area contributed by atoms with Crippen LogP contribution in [0.2, 0.25) is 5.15 Å². The van der Waals surface area contributed by atoms with Gasteiger partial charge in [0.25, 0.3) is 5.91 Å². The van der Waals surface area contributed by atoms with Gasteiger partial charge in [0.1, 0.15) is 10.9 Å². The molecule has 0 aliphatic heterocycles. The molecule has 6 heteroatoms. The summed E-state index contributed by atoms with van der Waals surface area (Å²) in [7, 11) is 3.24. The number of methoxy groups -OCH3 is 1. The van der Waals surface area contributed by atoms with E-state index in [0.717, 1.165) is 0 Å². The van der Waals surface area contributed by atoms with Crippen LogP contribution in [0.5, 0.6) is 5.75 Å². The Kier molecular flexibility index (Phi) is 3.53. The van der Waals surface area contributed by atoms with Crippen molar-refractivity contribution < 1.29 is 9.53 Å². The first-order chi connectivity index (χ1) is 8.61. The van der Waals surface area contributed by atoms with Gasteiger partial charge in [-0.3, -0.25) is 9.48 Å². The highest BCUT2D eigenvalue weighted by molar-refractivity contribution is 6.33. The minimum atomic E-state index is -0.304. The molecule has 18 heavy (non-hydrogen) atoms. The van der Waals surface area contributed by atoms with Crippen LogP contribution in [0.4, 0.5) is 5.69 Å². The van der Waals surface area contributed by atoms with Crippen molar-refractivity contribution in [3.8, 4) is 5.75 Å². The number of ether oxygens (including phenoxy) is 1. The van der Waals surface area contributed by atoms with Gasteiger partial charge in [0, 0.05) is 18.8 Å². The summed E-state index contributed by atoms with van der Waals surface area (Å²) in [5, 5.41) is 6.94. The van der Waals surface area contributed by atoms with Crippen LogP contribution in [0.25, 0.3) is 0 Å². The Hall–Kier alpha value is -2.01.